The molecule has 3 rings (SSSR count). The molecule has 0 unspecified atom stereocenters. The molecule has 1 aromatic heterocycles. The average Bonchev–Trinajstić information content (AvgIpc) is 3.08. The molecule has 0 radical (unpaired) electrons. The second kappa shape index (κ2) is 7.43. The Morgan fingerprint density at radius 1 is 0.931 bits per heavy atom. The Hall–Kier alpha value is -3.01. The van der Waals surface area contributed by atoms with Gasteiger partial charge in [-0.25, -0.2) is 4.68 Å². The molecule has 152 valence electrons. The maximum Gasteiger partial charge on any atom is 0.435 e. The summed E-state index contributed by atoms with van der Waals surface area (Å²) < 4.78 is 77.8. The van der Waals surface area contributed by atoms with Gasteiger partial charge in [-0.2, -0.15) is 31.4 Å². The molecule has 0 saturated heterocycles. The van der Waals surface area contributed by atoms with Gasteiger partial charge in [0.05, 0.1) is 5.69 Å². The molecule has 29 heavy (non-hydrogen) atoms. The quantitative estimate of drug-likeness (QED) is 0.529. The molecule has 11 heteroatoms. The lowest BCUT2D eigenvalue weighted by atomic mass is 10.2. The molecule has 3 aromatic rings. The predicted octanol–water partition coefficient (Wildman–Crippen LogP) is 5.82. The lowest BCUT2D eigenvalue weighted by molar-refractivity contribution is -0.143. The molecule has 0 fully saturated rings. The Bertz CT molecular complexity index is 1040. The van der Waals surface area contributed by atoms with E-state index in [1.54, 1.807) is 12.1 Å². The number of aromatic nitrogens is 2. The molecule has 0 spiro atoms. The summed E-state index contributed by atoms with van der Waals surface area (Å²) in [4.78, 5) is 12.2. The Balaban J connectivity index is 1.89. The highest BCUT2D eigenvalue weighted by Crippen LogP contribution is 2.36. The van der Waals surface area contributed by atoms with Crippen LogP contribution >= 0.6 is 11.6 Å². The summed E-state index contributed by atoms with van der Waals surface area (Å²) in [6.07, 6.45) is -10.1. The minimum absolute atomic E-state index is 0.0607. The molecular weight excluding hydrogens is 424 g/mol. The van der Waals surface area contributed by atoms with Crippen LogP contribution < -0.4 is 5.32 Å². The number of anilines is 1. The second-order valence-corrected chi connectivity index (χ2v) is 6.27. The summed E-state index contributed by atoms with van der Waals surface area (Å²) in [6, 6.07) is 10.7. The third-order valence-corrected chi connectivity index (χ3v) is 3.98. The van der Waals surface area contributed by atoms with Crippen LogP contribution in [0.3, 0.4) is 0 Å². The minimum atomic E-state index is -5.05. The van der Waals surface area contributed by atoms with Crippen LogP contribution in [-0.4, -0.2) is 15.7 Å². The van der Waals surface area contributed by atoms with Crippen molar-refractivity contribution >= 4 is 23.2 Å². The van der Waals surface area contributed by atoms with Crippen LogP contribution in [0.25, 0.3) is 5.69 Å². The SMILES string of the molecule is O=C(Nc1ccc(-n2nc(C(F)(F)F)cc2C(F)(F)F)cc1)c1cccc(Cl)c1. The Morgan fingerprint density at radius 3 is 2.14 bits per heavy atom. The fraction of sp³-hybridized carbons (Fsp3) is 0.111. The lowest BCUT2D eigenvalue weighted by Gasteiger charge is -2.11. The van der Waals surface area contributed by atoms with Crippen molar-refractivity contribution in [2.45, 2.75) is 12.4 Å². The maximum atomic E-state index is 13.1. The van der Waals surface area contributed by atoms with Crippen molar-refractivity contribution in [3.8, 4) is 5.69 Å². The third kappa shape index (κ3) is 4.70. The number of rotatable bonds is 3. The number of hydrogen-bond donors (Lipinski definition) is 1. The van der Waals surface area contributed by atoms with Gasteiger partial charge in [0.15, 0.2) is 5.69 Å². The van der Waals surface area contributed by atoms with Crippen LogP contribution in [0.1, 0.15) is 21.7 Å². The Labute approximate surface area is 164 Å². The molecular formula is C18H10ClF6N3O. The van der Waals surface area contributed by atoms with Crippen LogP contribution in [-0.2, 0) is 12.4 Å². The molecule has 0 aliphatic carbocycles. The van der Waals surface area contributed by atoms with Crippen LogP contribution in [0, 0.1) is 0 Å². The monoisotopic (exact) mass is 433 g/mol. The summed E-state index contributed by atoms with van der Waals surface area (Å²) in [6.45, 7) is 0. The third-order valence-electron chi connectivity index (χ3n) is 3.75. The van der Waals surface area contributed by atoms with Gasteiger partial charge in [0, 0.05) is 22.3 Å². The minimum Gasteiger partial charge on any atom is -0.322 e. The summed E-state index contributed by atoms with van der Waals surface area (Å²) in [5, 5.41) is 5.88. The molecule has 4 nitrogen and oxygen atoms in total. The van der Waals surface area contributed by atoms with Crippen molar-refractivity contribution in [3.05, 3.63) is 76.6 Å². The van der Waals surface area contributed by atoms with Crippen molar-refractivity contribution < 1.29 is 31.1 Å². The number of benzene rings is 2. The van der Waals surface area contributed by atoms with Crippen LogP contribution in [0.2, 0.25) is 5.02 Å². The van der Waals surface area contributed by atoms with Gasteiger partial charge in [-0.1, -0.05) is 17.7 Å². The zero-order valence-electron chi connectivity index (χ0n) is 14.1. The normalized spacial score (nSPS) is 12.1. The number of nitrogens with zero attached hydrogens (tertiary/aromatic N) is 2. The van der Waals surface area contributed by atoms with Gasteiger partial charge in [0.2, 0.25) is 0 Å². The molecule has 2 aromatic carbocycles. The number of halogens is 7. The van der Waals surface area contributed by atoms with Gasteiger partial charge in [-0.3, -0.25) is 4.79 Å². The first-order valence-electron chi connectivity index (χ1n) is 7.87. The smallest absolute Gasteiger partial charge is 0.322 e. The zero-order chi connectivity index (χ0) is 21.4. The average molecular weight is 434 g/mol. The lowest BCUT2D eigenvalue weighted by Crippen LogP contribution is -2.14. The van der Waals surface area contributed by atoms with E-state index in [2.05, 4.69) is 10.4 Å². The zero-order valence-corrected chi connectivity index (χ0v) is 14.9. The van der Waals surface area contributed by atoms with E-state index in [0.717, 1.165) is 12.1 Å². The van der Waals surface area contributed by atoms with Crippen LogP contribution in [0.5, 0.6) is 0 Å². The van der Waals surface area contributed by atoms with Gasteiger partial charge in [-0.15, -0.1) is 0 Å². The molecule has 0 aliphatic rings. The van der Waals surface area contributed by atoms with Gasteiger partial charge in [0.1, 0.15) is 5.69 Å². The maximum absolute atomic E-state index is 13.1. The fourth-order valence-corrected chi connectivity index (χ4v) is 2.63. The number of carbonyl (C=O) groups is 1. The van der Waals surface area contributed by atoms with Gasteiger partial charge in [0.25, 0.3) is 5.91 Å². The van der Waals surface area contributed by atoms with Crippen molar-refractivity contribution in [2.75, 3.05) is 5.32 Å². The van der Waals surface area contributed by atoms with Crippen LogP contribution in [0.15, 0.2) is 54.6 Å². The number of nitrogens with one attached hydrogen (secondary N) is 1. The highest BCUT2D eigenvalue weighted by molar-refractivity contribution is 6.31. The summed E-state index contributed by atoms with van der Waals surface area (Å²) in [5.41, 5.74) is -3.02. The Kier molecular flexibility index (Phi) is 5.31. The standard InChI is InChI=1S/C18H10ClF6N3O/c19-11-3-1-2-10(8-11)16(29)26-12-4-6-13(7-5-12)28-15(18(23,24)25)9-14(27-28)17(20,21)22/h1-9H,(H,26,29). The molecule has 0 bridgehead atoms. The van der Waals surface area contributed by atoms with Crippen molar-refractivity contribution in [2.24, 2.45) is 0 Å². The van der Waals surface area contributed by atoms with E-state index < -0.39 is 29.6 Å². The number of carbonyl (C=O) groups excluding carboxylic acids is 1. The first-order chi connectivity index (χ1) is 13.4. The molecule has 0 atom stereocenters. The number of amides is 1. The predicted molar refractivity (Wildman–Crippen MR) is 93.0 cm³/mol. The van der Waals surface area contributed by atoms with E-state index in [0.29, 0.717) is 5.02 Å². The van der Waals surface area contributed by atoms with E-state index in [1.807, 2.05) is 0 Å². The van der Waals surface area contributed by atoms with E-state index in [1.165, 1.54) is 24.3 Å². The van der Waals surface area contributed by atoms with Crippen molar-refractivity contribution in [1.82, 2.24) is 9.78 Å². The molecule has 1 N–H and O–H groups in total. The van der Waals surface area contributed by atoms with Gasteiger partial charge < -0.3 is 5.32 Å². The number of hydrogen-bond acceptors (Lipinski definition) is 2. The molecule has 0 aliphatic heterocycles. The van der Waals surface area contributed by atoms with E-state index >= 15 is 0 Å². The summed E-state index contributed by atoms with van der Waals surface area (Å²) >= 11 is 5.80. The van der Waals surface area contributed by atoms with E-state index in [-0.39, 0.29) is 27.7 Å². The first kappa shape index (κ1) is 20.7. The number of alkyl halides is 6. The summed E-state index contributed by atoms with van der Waals surface area (Å²) in [7, 11) is 0. The fourth-order valence-electron chi connectivity index (χ4n) is 2.44. The van der Waals surface area contributed by atoms with E-state index in [4.69, 9.17) is 11.6 Å². The van der Waals surface area contributed by atoms with Gasteiger partial charge in [-0.05, 0) is 42.5 Å². The van der Waals surface area contributed by atoms with Crippen LogP contribution in [0.4, 0.5) is 32.0 Å². The highest BCUT2D eigenvalue weighted by atomic mass is 35.5. The molecule has 0 saturated carbocycles. The summed E-state index contributed by atoms with van der Waals surface area (Å²) in [5.74, 6) is -0.519. The largest absolute Gasteiger partial charge is 0.435 e. The Morgan fingerprint density at radius 2 is 1.59 bits per heavy atom. The highest BCUT2D eigenvalue weighted by Gasteiger charge is 2.42. The second-order valence-electron chi connectivity index (χ2n) is 5.83. The van der Waals surface area contributed by atoms with E-state index in [9.17, 15) is 31.1 Å². The van der Waals surface area contributed by atoms with Gasteiger partial charge >= 0.3 is 12.4 Å². The molecule has 1 amide bonds. The first-order valence-corrected chi connectivity index (χ1v) is 8.25. The topological polar surface area (TPSA) is 46.9 Å². The molecule has 1 heterocycles. The van der Waals surface area contributed by atoms with Crippen molar-refractivity contribution in [3.63, 3.8) is 0 Å². The van der Waals surface area contributed by atoms with Crippen molar-refractivity contribution in [1.29, 1.82) is 0 Å².